The number of amides is 1. The summed E-state index contributed by atoms with van der Waals surface area (Å²) in [6.45, 7) is 2.34. The molecule has 0 spiro atoms. The Balaban J connectivity index is 1.63. The average molecular weight is 508 g/mol. The smallest absolute Gasteiger partial charge is 0.337 e. The predicted molar refractivity (Wildman–Crippen MR) is 138 cm³/mol. The van der Waals surface area contributed by atoms with Gasteiger partial charge in [-0.3, -0.25) is 18.7 Å². The van der Waals surface area contributed by atoms with Crippen molar-refractivity contribution in [1.82, 2.24) is 18.7 Å². The Bertz CT molecular complexity index is 1580. The number of fused-ring (bicyclic) bond motifs is 1. The molecule has 11 heteroatoms. The third-order valence-electron chi connectivity index (χ3n) is 5.82. The lowest BCUT2D eigenvalue weighted by atomic mass is 10.1. The van der Waals surface area contributed by atoms with Crippen LogP contribution in [-0.4, -0.2) is 43.4 Å². The summed E-state index contributed by atoms with van der Waals surface area (Å²) < 4.78 is 8.82. The maximum atomic E-state index is 13.1. The number of benzene rings is 2. The molecule has 1 N–H and O–H groups in total. The molecule has 0 saturated heterocycles. The summed E-state index contributed by atoms with van der Waals surface area (Å²) in [5.74, 6) is -0.733. The fourth-order valence-electron chi connectivity index (χ4n) is 3.78. The van der Waals surface area contributed by atoms with Crippen molar-refractivity contribution in [2.24, 2.45) is 14.1 Å². The van der Waals surface area contributed by atoms with E-state index in [4.69, 9.17) is 0 Å². The van der Waals surface area contributed by atoms with Crippen LogP contribution < -0.4 is 16.6 Å². The third-order valence-corrected chi connectivity index (χ3v) is 6.80. The molecular formula is C25H25N5O5S. The van der Waals surface area contributed by atoms with E-state index in [1.54, 1.807) is 35.9 Å². The number of imidazole rings is 1. The first kappa shape index (κ1) is 25.0. The van der Waals surface area contributed by atoms with Gasteiger partial charge in [-0.25, -0.2) is 14.6 Å². The minimum Gasteiger partial charge on any atom is -0.465 e. The minimum absolute atomic E-state index is 0.0180. The van der Waals surface area contributed by atoms with E-state index in [0.717, 1.165) is 15.7 Å². The van der Waals surface area contributed by atoms with Gasteiger partial charge in [0, 0.05) is 19.8 Å². The van der Waals surface area contributed by atoms with Gasteiger partial charge in [-0.15, -0.1) is 0 Å². The van der Waals surface area contributed by atoms with E-state index in [9.17, 15) is 19.2 Å². The summed E-state index contributed by atoms with van der Waals surface area (Å²) in [7, 11) is 4.30. The Morgan fingerprint density at radius 1 is 1.03 bits per heavy atom. The quantitative estimate of drug-likeness (QED) is 0.301. The third kappa shape index (κ3) is 4.82. The van der Waals surface area contributed by atoms with E-state index >= 15 is 0 Å². The van der Waals surface area contributed by atoms with Crippen molar-refractivity contribution in [3.63, 3.8) is 0 Å². The van der Waals surface area contributed by atoms with Gasteiger partial charge in [-0.2, -0.15) is 0 Å². The largest absolute Gasteiger partial charge is 0.465 e. The highest BCUT2D eigenvalue weighted by atomic mass is 32.2. The van der Waals surface area contributed by atoms with Crippen LogP contribution in [0.3, 0.4) is 0 Å². The van der Waals surface area contributed by atoms with Crippen LogP contribution in [0.1, 0.15) is 21.5 Å². The number of hydrogen-bond acceptors (Lipinski definition) is 7. The zero-order valence-corrected chi connectivity index (χ0v) is 21.1. The zero-order valence-electron chi connectivity index (χ0n) is 20.3. The van der Waals surface area contributed by atoms with E-state index in [0.29, 0.717) is 28.5 Å². The topological polar surface area (TPSA) is 117 Å². The van der Waals surface area contributed by atoms with Gasteiger partial charge in [-0.05, 0) is 42.3 Å². The predicted octanol–water partition coefficient (Wildman–Crippen LogP) is 2.31. The van der Waals surface area contributed by atoms with Gasteiger partial charge < -0.3 is 14.6 Å². The molecule has 2 aromatic carbocycles. The van der Waals surface area contributed by atoms with Crippen molar-refractivity contribution in [2.45, 2.75) is 18.6 Å². The molecule has 0 aliphatic heterocycles. The van der Waals surface area contributed by atoms with Crippen LogP contribution in [0.2, 0.25) is 0 Å². The van der Waals surface area contributed by atoms with Crippen LogP contribution in [-0.2, 0) is 30.2 Å². The highest BCUT2D eigenvalue weighted by Gasteiger charge is 2.21. The first-order chi connectivity index (χ1) is 17.2. The molecule has 4 aromatic rings. The molecule has 0 radical (unpaired) electrons. The second-order valence-electron chi connectivity index (χ2n) is 8.19. The number of esters is 1. The van der Waals surface area contributed by atoms with E-state index in [2.05, 4.69) is 15.0 Å². The second-order valence-corrected chi connectivity index (χ2v) is 9.13. The maximum Gasteiger partial charge on any atom is 0.337 e. The molecule has 10 nitrogen and oxygen atoms in total. The molecule has 0 aliphatic carbocycles. The number of methoxy groups -OCH3 is 1. The van der Waals surface area contributed by atoms with Crippen molar-refractivity contribution in [3.8, 4) is 0 Å². The Morgan fingerprint density at radius 2 is 1.72 bits per heavy atom. The number of carbonyl (C=O) groups excluding carboxylic acids is 2. The Kier molecular flexibility index (Phi) is 7.11. The van der Waals surface area contributed by atoms with Crippen molar-refractivity contribution >= 4 is 40.5 Å². The van der Waals surface area contributed by atoms with Crippen LogP contribution in [0, 0.1) is 6.92 Å². The van der Waals surface area contributed by atoms with Crippen LogP contribution in [0.5, 0.6) is 0 Å². The number of hydrogen-bond donors (Lipinski definition) is 1. The summed E-state index contributed by atoms with van der Waals surface area (Å²) in [5.41, 5.74) is 2.57. The van der Waals surface area contributed by atoms with Crippen molar-refractivity contribution in [2.75, 3.05) is 18.2 Å². The molecule has 0 bridgehead atoms. The molecule has 0 atom stereocenters. The Morgan fingerprint density at radius 3 is 2.39 bits per heavy atom. The number of aryl methyl sites for hydroxylation is 2. The lowest BCUT2D eigenvalue weighted by Crippen LogP contribution is -2.37. The fraction of sp³-hybridized carbons (Fsp3) is 0.240. The van der Waals surface area contributed by atoms with E-state index in [1.165, 1.54) is 30.5 Å². The SMILES string of the molecule is COC(=O)c1ccc(NC(=O)CSc2nc3c(c(=O)n(C)c(=O)n3C)n2Cc2ccccc2C)cc1. The zero-order chi connectivity index (χ0) is 26.0. The number of nitrogens with one attached hydrogen (secondary N) is 1. The number of ether oxygens (including phenoxy) is 1. The molecule has 4 rings (SSSR count). The van der Waals surface area contributed by atoms with Crippen molar-refractivity contribution < 1.29 is 14.3 Å². The number of carbonyl (C=O) groups is 2. The molecule has 0 fully saturated rings. The number of anilines is 1. The van der Waals surface area contributed by atoms with Crippen molar-refractivity contribution in [1.29, 1.82) is 0 Å². The molecule has 0 unspecified atom stereocenters. The minimum atomic E-state index is -0.474. The highest BCUT2D eigenvalue weighted by molar-refractivity contribution is 7.99. The molecular weight excluding hydrogens is 482 g/mol. The number of rotatable bonds is 7. The summed E-state index contributed by atoms with van der Waals surface area (Å²) in [6, 6.07) is 14.1. The normalized spacial score (nSPS) is 11.0. The molecule has 0 aliphatic rings. The van der Waals surface area contributed by atoms with E-state index in [-0.39, 0.29) is 17.3 Å². The number of thioether (sulfide) groups is 1. The Hall–Kier alpha value is -4.12. The summed E-state index contributed by atoms with van der Waals surface area (Å²) in [4.78, 5) is 54.3. The first-order valence-electron chi connectivity index (χ1n) is 11.0. The summed E-state index contributed by atoms with van der Waals surface area (Å²) >= 11 is 1.17. The second kappa shape index (κ2) is 10.2. The molecule has 2 aromatic heterocycles. The summed E-state index contributed by atoms with van der Waals surface area (Å²) in [5, 5.41) is 3.23. The molecule has 186 valence electrons. The molecule has 1 amide bonds. The number of aromatic nitrogens is 4. The van der Waals surface area contributed by atoms with E-state index in [1.807, 2.05) is 31.2 Å². The number of nitrogens with zero attached hydrogens (tertiary/aromatic N) is 4. The van der Waals surface area contributed by atoms with Gasteiger partial charge in [0.05, 0.1) is 25.0 Å². The summed E-state index contributed by atoms with van der Waals surface area (Å²) in [6.07, 6.45) is 0. The lowest BCUT2D eigenvalue weighted by molar-refractivity contribution is -0.113. The van der Waals surface area contributed by atoms with Gasteiger partial charge >= 0.3 is 11.7 Å². The van der Waals surface area contributed by atoms with Gasteiger partial charge in [0.15, 0.2) is 16.3 Å². The van der Waals surface area contributed by atoms with Gasteiger partial charge in [0.25, 0.3) is 5.56 Å². The van der Waals surface area contributed by atoms with Crippen LogP contribution in [0.15, 0.2) is 63.3 Å². The molecule has 0 saturated carbocycles. The van der Waals surface area contributed by atoms with Crippen molar-refractivity contribution in [3.05, 3.63) is 86.1 Å². The highest BCUT2D eigenvalue weighted by Crippen LogP contribution is 2.24. The van der Waals surface area contributed by atoms with Gasteiger partial charge in [-0.1, -0.05) is 36.0 Å². The fourth-order valence-corrected chi connectivity index (χ4v) is 4.57. The molecule has 2 heterocycles. The van der Waals surface area contributed by atoms with E-state index < -0.39 is 17.2 Å². The maximum absolute atomic E-state index is 13.1. The van der Waals surface area contributed by atoms with Gasteiger partial charge in [0.2, 0.25) is 5.91 Å². The molecule has 36 heavy (non-hydrogen) atoms. The Labute approximate surface area is 210 Å². The van der Waals surface area contributed by atoms with Crippen LogP contribution >= 0.6 is 11.8 Å². The first-order valence-corrected chi connectivity index (χ1v) is 12.0. The van der Waals surface area contributed by atoms with Crippen LogP contribution in [0.4, 0.5) is 5.69 Å². The average Bonchev–Trinajstić information content (AvgIpc) is 3.24. The lowest BCUT2D eigenvalue weighted by Gasteiger charge is -2.11. The standard InChI is InChI=1S/C25H25N5O5S/c1-15-7-5-6-8-17(15)13-30-20-21(28(2)25(34)29(3)22(20)32)27-24(30)36-14-19(31)26-18-11-9-16(10-12-18)23(33)35-4/h5-12H,13-14H2,1-4H3,(H,26,31). The van der Waals surface area contributed by atoms with Gasteiger partial charge in [0.1, 0.15) is 0 Å². The monoisotopic (exact) mass is 507 g/mol. The van der Waals surface area contributed by atoms with Crippen LogP contribution in [0.25, 0.3) is 11.2 Å².